The van der Waals surface area contributed by atoms with Crippen molar-refractivity contribution in [3.8, 4) is 0 Å². The Bertz CT molecular complexity index is 2010. The van der Waals surface area contributed by atoms with Crippen LogP contribution in [0.1, 0.15) is 0 Å². The maximum absolute atomic E-state index is 4.81. The van der Waals surface area contributed by atoms with E-state index in [1.807, 2.05) is 47.3 Å². The largest absolute Gasteiger partial charge is 0.299 e. The summed E-state index contributed by atoms with van der Waals surface area (Å²) in [5, 5.41) is 7.69. The number of imidazole rings is 1. The van der Waals surface area contributed by atoms with Crippen molar-refractivity contribution in [3.63, 3.8) is 0 Å². The molecular weight excluding hydrogens is 418 g/mol. The second-order valence-electron chi connectivity index (χ2n) is 7.87. The van der Waals surface area contributed by atoms with Crippen LogP contribution >= 0.6 is 22.7 Å². The monoisotopic (exact) mass is 431 g/mol. The van der Waals surface area contributed by atoms with Crippen LogP contribution in [0.15, 0.2) is 79.3 Å². The van der Waals surface area contributed by atoms with E-state index < -0.39 is 0 Å². The Morgan fingerprint density at radius 1 is 0.613 bits per heavy atom. The van der Waals surface area contributed by atoms with Gasteiger partial charge in [0.2, 0.25) is 0 Å². The Kier molecular flexibility index (Phi) is 2.91. The number of hydrogen-bond acceptors (Lipinski definition) is 4. The first-order valence-corrected chi connectivity index (χ1v) is 11.8. The summed E-state index contributed by atoms with van der Waals surface area (Å²) in [6.45, 7) is 0. The highest BCUT2D eigenvalue weighted by atomic mass is 32.1. The molecule has 0 aliphatic heterocycles. The predicted octanol–water partition coefficient (Wildman–Crippen LogP) is 7.77. The molecule has 3 aromatic carbocycles. The topological polar surface area (TPSA) is 30.2 Å². The Morgan fingerprint density at radius 3 is 2.45 bits per heavy atom. The number of thiophene rings is 2. The quantitative estimate of drug-likeness (QED) is 0.230. The SMILES string of the molecule is c1ccc2c(c1)sc1c2ccc2sc3c(ccc4c3c3ncccc3c3nccn43)c21. The van der Waals surface area contributed by atoms with Crippen molar-refractivity contribution >= 4 is 90.5 Å². The number of aromatic nitrogens is 3. The zero-order valence-electron chi connectivity index (χ0n) is 16.2. The highest BCUT2D eigenvalue weighted by Gasteiger charge is 2.18. The normalized spacial score (nSPS) is 12.5. The molecular formula is C26H13N3S2. The van der Waals surface area contributed by atoms with Crippen LogP contribution in [0.2, 0.25) is 0 Å². The second-order valence-corrected chi connectivity index (χ2v) is 9.98. The van der Waals surface area contributed by atoms with Crippen LogP contribution < -0.4 is 0 Å². The molecule has 0 atom stereocenters. The average molecular weight is 432 g/mol. The van der Waals surface area contributed by atoms with E-state index in [9.17, 15) is 0 Å². The summed E-state index contributed by atoms with van der Waals surface area (Å²) in [5.41, 5.74) is 3.15. The van der Waals surface area contributed by atoms with Gasteiger partial charge < -0.3 is 0 Å². The van der Waals surface area contributed by atoms with Crippen molar-refractivity contribution in [2.24, 2.45) is 0 Å². The number of benzene rings is 3. The second kappa shape index (κ2) is 5.58. The first-order valence-electron chi connectivity index (χ1n) is 10.2. The van der Waals surface area contributed by atoms with Crippen LogP contribution in [0.5, 0.6) is 0 Å². The molecule has 31 heavy (non-hydrogen) atoms. The van der Waals surface area contributed by atoms with Crippen molar-refractivity contribution in [2.75, 3.05) is 0 Å². The van der Waals surface area contributed by atoms with Gasteiger partial charge in [-0.1, -0.05) is 30.3 Å². The molecule has 0 spiro atoms. The van der Waals surface area contributed by atoms with Gasteiger partial charge in [0.15, 0.2) is 0 Å². The zero-order chi connectivity index (χ0) is 20.1. The Labute approximate surface area is 183 Å². The molecule has 0 radical (unpaired) electrons. The number of nitrogens with zero attached hydrogens (tertiary/aromatic N) is 3. The van der Waals surface area contributed by atoms with Crippen molar-refractivity contribution in [1.82, 2.24) is 14.4 Å². The van der Waals surface area contributed by atoms with Crippen LogP contribution in [-0.4, -0.2) is 14.4 Å². The van der Waals surface area contributed by atoms with Crippen molar-refractivity contribution in [1.29, 1.82) is 0 Å². The smallest absolute Gasteiger partial charge is 0.146 e. The average Bonchev–Trinajstić information content (AvgIpc) is 3.53. The third-order valence-electron chi connectivity index (χ3n) is 6.31. The minimum absolute atomic E-state index is 0.961. The highest BCUT2D eigenvalue weighted by molar-refractivity contribution is 7.30. The maximum atomic E-state index is 4.81. The minimum atomic E-state index is 0.961. The standard InChI is InChI=1S/C26H13N3S2/c1-2-6-19-14(4-1)15-8-10-20-21(24(15)30-19)16-7-9-18-22(25(16)31-20)23-17(5-3-11-27-23)26-28-12-13-29(18)26/h1-13H. The first-order chi connectivity index (χ1) is 15.4. The van der Waals surface area contributed by atoms with E-state index in [1.54, 1.807) is 0 Å². The predicted molar refractivity (Wildman–Crippen MR) is 134 cm³/mol. The molecule has 144 valence electrons. The fourth-order valence-electron chi connectivity index (χ4n) is 5.01. The van der Waals surface area contributed by atoms with Crippen LogP contribution in [0, 0.1) is 0 Å². The number of fused-ring (bicyclic) bond motifs is 14. The highest BCUT2D eigenvalue weighted by Crippen LogP contribution is 2.47. The number of hydrogen-bond donors (Lipinski definition) is 0. The summed E-state index contributed by atoms with van der Waals surface area (Å²) in [5.74, 6) is 0. The van der Waals surface area contributed by atoms with Crippen molar-refractivity contribution < 1.29 is 0 Å². The lowest BCUT2D eigenvalue weighted by Gasteiger charge is -2.08. The van der Waals surface area contributed by atoms with Crippen LogP contribution in [-0.2, 0) is 0 Å². The van der Waals surface area contributed by atoms with Gasteiger partial charge in [0.05, 0.1) is 11.0 Å². The van der Waals surface area contributed by atoms with E-state index >= 15 is 0 Å². The Balaban J connectivity index is 1.67. The fraction of sp³-hybridized carbons (Fsp3) is 0. The lowest BCUT2D eigenvalue weighted by Crippen LogP contribution is -1.92. The van der Waals surface area contributed by atoms with Crippen molar-refractivity contribution in [2.45, 2.75) is 0 Å². The molecule has 8 aromatic rings. The Morgan fingerprint density at radius 2 is 1.45 bits per heavy atom. The van der Waals surface area contributed by atoms with Crippen LogP contribution in [0.25, 0.3) is 67.8 Å². The van der Waals surface area contributed by atoms with Gasteiger partial charge in [-0.05, 0) is 30.3 Å². The molecule has 0 bridgehead atoms. The summed E-state index contributed by atoms with van der Waals surface area (Å²) in [7, 11) is 0. The first kappa shape index (κ1) is 16.2. The van der Waals surface area contributed by atoms with Gasteiger partial charge in [-0.3, -0.25) is 9.38 Å². The summed E-state index contributed by atoms with van der Waals surface area (Å²) < 4.78 is 7.55. The van der Waals surface area contributed by atoms with Gasteiger partial charge in [-0.2, -0.15) is 0 Å². The van der Waals surface area contributed by atoms with Gasteiger partial charge in [-0.15, -0.1) is 22.7 Å². The third kappa shape index (κ3) is 1.93. The molecule has 0 N–H and O–H groups in total. The fourth-order valence-corrected chi connectivity index (χ4v) is 7.59. The van der Waals surface area contributed by atoms with E-state index in [0.717, 1.165) is 22.1 Å². The number of pyridine rings is 2. The third-order valence-corrected chi connectivity index (χ3v) is 8.70. The van der Waals surface area contributed by atoms with Gasteiger partial charge >= 0.3 is 0 Å². The van der Waals surface area contributed by atoms with Gasteiger partial charge in [0, 0.05) is 69.7 Å². The molecule has 0 saturated carbocycles. The number of rotatable bonds is 0. The lowest BCUT2D eigenvalue weighted by molar-refractivity contribution is 1.27. The summed E-state index contributed by atoms with van der Waals surface area (Å²) >= 11 is 3.77. The maximum Gasteiger partial charge on any atom is 0.146 e. The van der Waals surface area contributed by atoms with E-state index in [-0.39, 0.29) is 0 Å². The molecule has 8 rings (SSSR count). The molecule has 5 heterocycles. The van der Waals surface area contributed by atoms with Gasteiger partial charge in [0.1, 0.15) is 5.65 Å². The summed E-state index contributed by atoms with van der Waals surface area (Å²) in [6, 6.07) is 21.9. The molecule has 0 amide bonds. The summed E-state index contributed by atoms with van der Waals surface area (Å²) in [4.78, 5) is 9.43. The zero-order valence-corrected chi connectivity index (χ0v) is 17.8. The van der Waals surface area contributed by atoms with Crippen LogP contribution in [0.3, 0.4) is 0 Å². The Hall–Kier alpha value is -3.54. The molecule has 5 aromatic heterocycles. The molecule has 0 saturated heterocycles. The van der Waals surface area contributed by atoms with E-state index in [4.69, 9.17) is 4.98 Å². The lowest BCUT2D eigenvalue weighted by atomic mass is 10.0. The molecule has 3 nitrogen and oxygen atoms in total. The van der Waals surface area contributed by atoms with E-state index in [2.05, 4.69) is 64.0 Å². The van der Waals surface area contributed by atoms with E-state index in [1.165, 1.54) is 45.7 Å². The van der Waals surface area contributed by atoms with E-state index in [0.29, 0.717) is 0 Å². The summed E-state index contributed by atoms with van der Waals surface area (Å²) in [6.07, 6.45) is 5.81. The van der Waals surface area contributed by atoms with Gasteiger partial charge in [-0.25, -0.2) is 4.98 Å². The minimum Gasteiger partial charge on any atom is -0.299 e. The molecule has 0 aliphatic carbocycles. The molecule has 0 fully saturated rings. The van der Waals surface area contributed by atoms with Gasteiger partial charge in [0.25, 0.3) is 0 Å². The van der Waals surface area contributed by atoms with Crippen LogP contribution in [0.4, 0.5) is 0 Å². The van der Waals surface area contributed by atoms with Crippen molar-refractivity contribution in [3.05, 3.63) is 79.3 Å². The molecule has 5 heteroatoms. The molecule has 0 aliphatic rings. The molecule has 0 unspecified atom stereocenters.